The number of rotatable bonds is 4. The molecule has 120 valence electrons. The van der Waals surface area contributed by atoms with Crippen molar-refractivity contribution in [3.05, 3.63) is 72.2 Å². The van der Waals surface area contributed by atoms with E-state index < -0.39 is 17.6 Å². The quantitative estimate of drug-likeness (QED) is 0.767. The third-order valence-electron chi connectivity index (χ3n) is 3.16. The lowest BCUT2D eigenvalue weighted by Gasteiger charge is -2.15. The largest absolute Gasteiger partial charge is 0.416 e. The highest BCUT2D eigenvalue weighted by Crippen LogP contribution is 2.32. The molecule has 1 heterocycles. The minimum absolute atomic E-state index is 0.0187. The highest BCUT2D eigenvalue weighted by Gasteiger charge is 2.31. The summed E-state index contributed by atoms with van der Waals surface area (Å²) in [6, 6.07) is 5.61. The molecule has 1 aromatic heterocycles. The first kappa shape index (κ1) is 16.7. The third kappa shape index (κ3) is 3.77. The molecule has 0 bridgehead atoms. The van der Waals surface area contributed by atoms with Gasteiger partial charge < -0.3 is 5.32 Å². The molecule has 1 aromatic carbocycles. The van der Waals surface area contributed by atoms with Gasteiger partial charge in [0, 0.05) is 23.0 Å². The molecule has 1 N–H and O–H groups in total. The number of allylic oxidation sites excluding steroid dienone is 1. The standard InChI is InChI=1S/C17H14F4N2/c1-10(2)13-5-4-8-22-16(13)23-11(3)14-9-12(17(19,20)21)6-7-15(14)18/h4-9H,1,3H2,2H3,(H,22,23). The number of hydrogen-bond acceptors (Lipinski definition) is 2. The number of anilines is 1. The Morgan fingerprint density at radius 1 is 1.13 bits per heavy atom. The Hall–Kier alpha value is -2.63. The topological polar surface area (TPSA) is 24.9 Å². The van der Waals surface area contributed by atoms with E-state index in [0.717, 1.165) is 6.07 Å². The van der Waals surface area contributed by atoms with Crippen LogP contribution in [-0.2, 0) is 6.18 Å². The Balaban J connectivity index is 2.37. The second-order valence-corrected chi connectivity index (χ2v) is 4.98. The highest BCUT2D eigenvalue weighted by atomic mass is 19.4. The smallest absolute Gasteiger partial charge is 0.340 e. The van der Waals surface area contributed by atoms with Crippen LogP contribution in [0.25, 0.3) is 11.3 Å². The fourth-order valence-electron chi connectivity index (χ4n) is 1.99. The van der Waals surface area contributed by atoms with Crippen molar-refractivity contribution in [2.45, 2.75) is 13.1 Å². The van der Waals surface area contributed by atoms with Crippen molar-refractivity contribution in [2.24, 2.45) is 0 Å². The van der Waals surface area contributed by atoms with E-state index in [1.807, 2.05) is 0 Å². The highest BCUT2D eigenvalue weighted by molar-refractivity contribution is 5.80. The van der Waals surface area contributed by atoms with Crippen molar-refractivity contribution in [1.82, 2.24) is 4.98 Å². The van der Waals surface area contributed by atoms with Crippen LogP contribution >= 0.6 is 0 Å². The molecule has 0 aliphatic heterocycles. The van der Waals surface area contributed by atoms with E-state index in [4.69, 9.17) is 0 Å². The van der Waals surface area contributed by atoms with Crippen LogP contribution in [0.15, 0.2) is 49.7 Å². The molecule has 0 unspecified atom stereocenters. The number of alkyl halides is 3. The number of nitrogens with one attached hydrogen (secondary N) is 1. The minimum Gasteiger partial charge on any atom is -0.340 e. The Morgan fingerprint density at radius 3 is 2.43 bits per heavy atom. The molecule has 0 saturated carbocycles. The van der Waals surface area contributed by atoms with Crippen molar-refractivity contribution in [2.75, 3.05) is 5.32 Å². The molecule has 2 rings (SSSR count). The first-order valence-electron chi connectivity index (χ1n) is 6.64. The lowest BCUT2D eigenvalue weighted by molar-refractivity contribution is -0.137. The van der Waals surface area contributed by atoms with Gasteiger partial charge in [-0.05, 0) is 42.8 Å². The van der Waals surface area contributed by atoms with Crippen molar-refractivity contribution >= 4 is 17.1 Å². The van der Waals surface area contributed by atoms with Crippen LogP contribution in [0.3, 0.4) is 0 Å². The van der Waals surface area contributed by atoms with Crippen LogP contribution < -0.4 is 5.32 Å². The molecule has 0 spiro atoms. The molecule has 0 aliphatic carbocycles. The van der Waals surface area contributed by atoms with E-state index in [2.05, 4.69) is 23.5 Å². The van der Waals surface area contributed by atoms with E-state index in [9.17, 15) is 17.6 Å². The van der Waals surface area contributed by atoms with Gasteiger partial charge in [0.05, 0.1) is 5.56 Å². The average Bonchev–Trinajstić information content (AvgIpc) is 2.46. The molecule has 0 amide bonds. The molecule has 0 saturated heterocycles. The van der Waals surface area contributed by atoms with Gasteiger partial charge in [-0.25, -0.2) is 9.37 Å². The van der Waals surface area contributed by atoms with Crippen LogP contribution in [-0.4, -0.2) is 4.98 Å². The lowest BCUT2D eigenvalue weighted by atomic mass is 10.1. The van der Waals surface area contributed by atoms with E-state index in [-0.39, 0.29) is 11.3 Å². The summed E-state index contributed by atoms with van der Waals surface area (Å²) in [6.07, 6.45) is -3.05. The lowest BCUT2D eigenvalue weighted by Crippen LogP contribution is -2.08. The fourth-order valence-corrected chi connectivity index (χ4v) is 1.99. The van der Waals surface area contributed by atoms with Crippen molar-refractivity contribution in [3.8, 4) is 0 Å². The van der Waals surface area contributed by atoms with E-state index in [1.54, 1.807) is 19.1 Å². The monoisotopic (exact) mass is 322 g/mol. The molecule has 2 aromatic rings. The van der Waals surface area contributed by atoms with E-state index in [1.165, 1.54) is 6.20 Å². The number of halogens is 4. The predicted molar refractivity (Wildman–Crippen MR) is 83.0 cm³/mol. The zero-order valence-corrected chi connectivity index (χ0v) is 12.3. The summed E-state index contributed by atoms with van der Waals surface area (Å²) in [7, 11) is 0. The molecular formula is C17H14F4N2. The van der Waals surface area contributed by atoms with Gasteiger partial charge >= 0.3 is 6.18 Å². The van der Waals surface area contributed by atoms with Gasteiger partial charge in [0.1, 0.15) is 11.6 Å². The van der Waals surface area contributed by atoms with Gasteiger partial charge in [0.15, 0.2) is 0 Å². The summed E-state index contributed by atoms with van der Waals surface area (Å²) in [5.41, 5.74) is 0.143. The Morgan fingerprint density at radius 2 is 1.83 bits per heavy atom. The predicted octanol–water partition coefficient (Wildman–Crippen LogP) is 5.36. The van der Waals surface area contributed by atoms with Crippen LogP contribution in [0.2, 0.25) is 0 Å². The Bertz CT molecular complexity index is 763. The normalized spacial score (nSPS) is 11.2. The van der Waals surface area contributed by atoms with E-state index in [0.29, 0.717) is 29.1 Å². The second-order valence-electron chi connectivity index (χ2n) is 4.98. The van der Waals surface area contributed by atoms with Crippen molar-refractivity contribution < 1.29 is 17.6 Å². The summed E-state index contributed by atoms with van der Waals surface area (Å²) in [4.78, 5) is 4.09. The third-order valence-corrected chi connectivity index (χ3v) is 3.16. The van der Waals surface area contributed by atoms with Crippen molar-refractivity contribution in [1.29, 1.82) is 0 Å². The Kier molecular flexibility index (Phi) is 4.54. The van der Waals surface area contributed by atoms with E-state index >= 15 is 0 Å². The number of hydrogen-bond donors (Lipinski definition) is 1. The summed E-state index contributed by atoms with van der Waals surface area (Å²) >= 11 is 0. The van der Waals surface area contributed by atoms with Gasteiger partial charge in [0.25, 0.3) is 0 Å². The van der Waals surface area contributed by atoms with Crippen molar-refractivity contribution in [3.63, 3.8) is 0 Å². The molecule has 23 heavy (non-hydrogen) atoms. The Labute approximate surface area is 131 Å². The van der Waals surface area contributed by atoms with Crippen LogP contribution in [0.5, 0.6) is 0 Å². The minimum atomic E-state index is -4.56. The molecule has 0 aliphatic rings. The van der Waals surface area contributed by atoms with Gasteiger partial charge in [-0.15, -0.1) is 0 Å². The number of pyridine rings is 1. The van der Waals surface area contributed by atoms with Gasteiger partial charge in [0.2, 0.25) is 0 Å². The second kappa shape index (κ2) is 6.24. The van der Waals surface area contributed by atoms with Crippen LogP contribution in [0.1, 0.15) is 23.6 Å². The molecule has 0 fully saturated rings. The first-order chi connectivity index (χ1) is 10.7. The summed E-state index contributed by atoms with van der Waals surface area (Å²) in [5.74, 6) is -0.454. The van der Waals surface area contributed by atoms with Crippen LogP contribution in [0, 0.1) is 5.82 Å². The van der Waals surface area contributed by atoms with Gasteiger partial charge in [-0.1, -0.05) is 13.2 Å². The molecule has 2 nitrogen and oxygen atoms in total. The number of nitrogens with zero attached hydrogens (tertiary/aromatic N) is 1. The average molecular weight is 322 g/mol. The number of benzene rings is 1. The molecule has 0 radical (unpaired) electrons. The first-order valence-corrected chi connectivity index (χ1v) is 6.64. The SMILES string of the molecule is C=C(Nc1ncccc1C(=C)C)c1cc(C(F)(F)F)ccc1F. The molecular weight excluding hydrogens is 308 g/mol. The molecule has 0 atom stereocenters. The van der Waals surface area contributed by atoms with Gasteiger partial charge in [-0.2, -0.15) is 13.2 Å². The maximum absolute atomic E-state index is 13.9. The number of aromatic nitrogens is 1. The zero-order valence-electron chi connectivity index (χ0n) is 12.3. The summed E-state index contributed by atoms with van der Waals surface area (Å²) in [6.45, 7) is 9.17. The van der Waals surface area contributed by atoms with Crippen LogP contribution in [0.4, 0.5) is 23.4 Å². The fraction of sp³-hybridized carbons (Fsp3) is 0.118. The summed E-state index contributed by atoms with van der Waals surface area (Å²) < 4.78 is 52.2. The van der Waals surface area contributed by atoms with Gasteiger partial charge in [-0.3, -0.25) is 0 Å². The maximum atomic E-state index is 13.9. The maximum Gasteiger partial charge on any atom is 0.416 e. The molecule has 6 heteroatoms. The summed E-state index contributed by atoms with van der Waals surface area (Å²) in [5, 5.41) is 2.75. The zero-order chi connectivity index (χ0) is 17.2.